The van der Waals surface area contributed by atoms with Crippen LogP contribution in [-0.4, -0.2) is 13.3 Å². The van der Waals surface area contributed by atoms with Crippen molar-refractivity contribution >= 4 is 34.7 Å². The van der Waals surface area contributed by atoms with Gasteiger partial charge in [-0.2, -0.15) is 5.26 Å². The van der Waals surface area contributed by atoms with Crippen molar-refractivity contribution in [2.45, 2.75) is 13.8 Å². The van der Waals surface area contributed by atoms with Crippen LogP contribution in [0.5, 0.6) is 5.75 Å². The van der Waals surface area contributed by atoms with E-state index in [-0.39, 0.29) is 0 Å². The molecule has 0 amide bonds. The second-order valence-electron chi connectivity index (χ2n) is 3.55. The van der Waals surface area contributed by atoms with Crippen molar-refractivity contribution in [3.05, 3.63) is 23.3 Å². The monoisotopic (exact) mass is 263 g/mol. The van der Waals surface area contributed by atoms with Crippen LogP contribution in [0.3, 0.4) is 0 Å². The minimum Gasteiger partial charge on any atom is -0.492 e. The van der Waals surface area contributed by atoms with Gasteiger partial charge >= 0.3 is 0 Å². The van der Waals surface area contributed by atoms with Crippen LogP contribution in [0.2, 0.25) is 0 Å². The minimum absolute atomic E-state index is 0.314. The third-order valence-corrected chi connectivity index (χ3v) is 2.82. The molecule has 0 aliphatic rings. The van der Waals surface area contributed by atoms with Crippen molar-refractivity contribution < 1.29 is 4.74 Å². The maximum Gasteiger partial charge on any atom is 0.144 e. The van der Waals surface area contributed by atoms with E-state index in [1.54, 1.807) is 19.1 Å². The number of nitrogens with zero attached hydrogens (tertiary/aromatic N) is 2. The lowest BCUT2D eigenvalue weighted by atomic mass is 10.1. The maximum atomic E-state index is 8.84. The van der Waals surface area contributed by atoms with Crippen LogP contribution in [0, 0.1) is 11.3 Å². The minimum atomic E-state index is 0.314. The molecule has 0 saturated heterocycles. The summed E-state index contributed by atoms with van der Waals surface area (Å²) in [4.78, 5) is 3.88. The second-order valence-corrected chi connectivity index (χ2v) is 3.93. The van der Waals surface area contributed by atoms with Gasteiger partial charge in [0.1, 0.15) is 5.75 Å². The highest BCUT2D eigenvalue weighted by atomic mass is 35.5. The molecule has 0 spiro atoms. The number of anilines is 1. The van der Waals surface area contributed by atoms with Crippen LogP contribution in [0.25, 0.3) is 5.03 Å². The first kappa shape index (κ1) is 14.1. The molecule has 1 aromatic rings. The molecule has 0 unspecified atom stereocenters. The Hall–Kier alpha value is -1.99. The quantitative estimate of drug-likeness (QED) is 0.513. The molecule has 0 fully saturated rings. The van der Waals surface area contributed by atoms with Gasteiger partial charge in [0.05, 0.1) is 29.1 Å². The molecule has 0 heterocycles. The number of halogens is 1. The van der Waals surface area contributed by atoms with Gasteiger partial charge in [-0.25, -0.2) is 0 Å². The summed E-state index contributed by atoms with van der Waals surface area (Å²) in [5, 5.41) is 9.16. The molecule has 0 atom stereocenters. The van der Waals surface area contributed by atoms with E-state index in [0.29, 0.717) is 39.9 Å². The Labute approximate surface area is 111 Å². The summed E-state index contributed by atoms with van der Waals surface area (Å²) in [6, 6.07) is 5.29. The highest BCUT2D eigenvalue weighted by Gasteiger charge is 2.12. The SMILES string of the molecule is C=Nc1cc(OCC)c(N)cc1/C(Cl)=C(\C)C#N. The molecule has 0 saturated carbocycles. The predicted octanol–water partition coefficient (Wildman–Crippen LogP) is 3.49. The molecule has 1 aromatic carbocycles. The average Bonchev–Trinajstić information content (AvgIpc) is 2.39. The van der Waals surface area contributed by atoms with Crippen LogP contribution in [0.1, 0.15) is 19.4 Å². The van der Waals surface area contributed by atoms with E-state index in [4.69, 9.17) is 27.3 Å². The Morgan fingerprint density at radius 2 is 2.28 bits per heavy atom. The Morgan fingerprint density at radius 3 is 2.78 bits per heavy atom. The first-order chi connectivity index (χ1) is 8.54. The second kappa shape index (κ2) is 6.08. The summed E-state index contributed by atoms with van der Waals surface area (Å²) < 4.78 is 5.36. The molecule has 0 aromatic heterocycles. The van der Waals surface area contributed by atoms with E-state index in [1.807, 2.05) is 13.0 Å². The van der Waals surface area contributed by atoms with Crippen LogP contribution >= 0.6 is 11.6 Å². The number of hydrogen-bond acceptors (Lipinski definition) is 4. The van der Waals surface area contributed by atoms with Gasteiger partial charge in [-0.3, -0.25) is 4.99 Å². The molecule has 2 N–H and O–H groups in total. The third-order valence-electron chi connectivity index (χ3n) is 2.33. The average molecular weight is 264 g/mol. The molecule has 0 aliphatic heterocycles. The number of benzene rings is 1. The van der Waals surface area contributed by atoms with E-state index in [9.17, 15) is 0 Å². The van der Waals surface area contributed by atoms with Gasteiger partial charge in [0.15, 0.2) is 0 Å². The number of allylic oxidation sites excluding steroid dienone is 1. The number of nitrogens with two attached hydrogens (primary N) is 1. The number of nitrogen functional groups attached to an aromatic ring is 1. The zero-order valence-corrected chi connectivity index (χ0v) is 11.1. The van der Waals surface area contributed by atoms with Crippen molar-refractivity contribution in [2.75, 3.05) is 12.3 Å². The topological polar surface area (TPSA) is 71.4 Å². The predicted molar refractivity (Wildman–Crippen MR) is 75.3 cm³/mol. The van der Waals surface area contributed by atoms with E-state index >= 15 is 0 Å². The summed E-state index contributed by atoms with van der Waals surface area (Å²) in [5.41, 5.74) is 7.81. The Morgan fingerprint density at radius 1 is 1.61 bits per heavy atom. The van der Waals surface area contributed by atoms with E-state index < -0.39 is 0 Å². The Balaban J connectivity index is 3.43. The fourth-order valence-electron chi connectivity index (χ4n) is 1.42. The van der Waals surface area contributed by atoms with Crippen molar-refractivity contribution in [3.8, 4) is 11.8 Å². The van der Waals surface area contributed by atoms with Crippen LogP contribution in [0.15, 0.2) is 22.7 Å². The number of rotatable bonds is 4. The molecule has 0 aliphatic carbocycles. The zero-order chi connectivity index (χ0) is 13.7. The molecular weight excluding hydrogens is 250 g/mol. The summed E-state index contributed by atoms with van der Waals surface area (Å²) in [6.45, 7) is 7.47. The van der Waals surface area contributed by atoms with Gasteiger partial charge < -0.3 is 10.5 Å². The number of ether oxygens (including phenoxy) is 1. The molecule has 1 rings (SSSR count). The molecule has 5 heteroatoms. The highest BCUT2D eigenvalue weighted by molar-refractivity contribution is 6.50. The fourth-order valence-corrected chi connectivity index (χ4v) is 1.62. The van der Waals surface area contributed by atoms with Crippen LogP contribution in [0.4, 0.5) is 11.4 Å². The van der Waals surface area contributed by atoms with Gasteiger partial charge in [0, 0.05) is 17.2 Å². The van der Waals surface area contributed by atoms with Gasteiger partial charge in [-0.05, 0) is 26.6 Å². The van der Waals surface area contributed by atoms with Crippen molar-refractivity contribution in [2.24, 2.45) is 4.99 Å². The third kappa shape index (κ3) is 2.82. The largest absolute Gasteiger partial charge is 0.492 e. The first-order valence-electron chi connectivity index (χ1n) is 5.35. The lowest BCUT2D eigenvalue weighted by molar-refractivity contribution is 0.342. The molecule has 0 bridgehead atoms. The van der Waals surface area contributed by atoms with E-state index in [1.165, 1.54) is 0 Å². The summed E-state index contributed by atoms with van der Waals surface area (Å²) >= 11 is 6.12. The van der Waals surface area contributed by atoms with Crippen molar-refractivity contribution in [1.82, 2.24) is 0 Å². The first-order valence-corrected chi connectivity index (χ1v) is 5.72. The van der Waals surface area contributed by atoms with Gasteiger partial charge in [-0.1, -0.05) is 11.6 Å². The fraction of sp³-hybridized carbons (Fsp3) is 0.231. The van der Waals surface area contributed by atoms with Gasteiger partial charge in [0.2, 0.25) is 0 Å². The number of nitriles is 1. The maximum absolute atomic E-state index is 8.84. The Kier molecular flexibility index (Phi) is 4.75. The number of hydrogen-bond donors (Lipinski definition) is 1. The standard InChI is InChI=1S/C13H14ClN3O/c1-4-18-12-6-11(17-3)9(5-10(12)16)13(14)8(2)7-15/h5-6H,3-4,16H2,1-2H3/b13-8-. The molecular formula is C13H14ClN3O. The normalized spacial score (nSPS) is 11.4. The van der Waals surface area contributed by atoms with E-state index in [0.717, 1.165) is 0 Å². The van der Waals surface area contributed by atoms with Crippen LogP contribution < -0.4 is 10.5 Å². The Bertz CT molecular complexity index is 544. The van der Waals surface area contributed by atoms with Gasteiger partial charge in [-0.15, -0.1) is 0 Å². The molecule has 4 nitrogen and oxygen atoms in total. The lowest BCUT2D eigenvalue weighted by Crippen LogP contribution is -1.98. The summed E-state index contributed by atoms with van der Waals surface area (Å²) in [5.74, 6) is 0.530. The molecule has 18 heavy (non-hydrogen) atoms. The zero-order valence-electron chi connectivity index (χ0n) is 10.3. The number of aliphatic imine (C=N–C) groups is 1. The van der Waals surface area contributed by atoms with E-state index in [2.05, 4.69) is 11.7 Å². The molecule has 94 valence electrons. The summed E-state index contributed by atoms with van der Waals surface area (Å²) in [7, 11) is 0. The van der Waals surface area contributed by atoms with Crippen molar-refractivity contribution in [1.29, 1.82) is 5.26 Å². The van der Waals surface area contributed by atoms with Crippen LogP contribution in [-0.2, 0) is 0 Å². The highest BCUT2D eigenvalue weighted by Crippen LogP contribution is 2.37. The van der Waals surface area contributed by atoms with Crippen molar-refractivity contribution in [3.63, 3.8) is 0 Å². The van der Waals surface area contributed by atoms with Gasteiger partial charge in [0.25, 0.3) is 0 Å². The summed E-state index contributed by atoms with van der Waals surface area (Å²) in [6.07, 6.45) is 0. The molecule has 0 radical (unpaired) electrons. The lowest BCUT2D eigenvalue weighted by Gasteiger charge is -2.11. The smallest absolute Gasteiger partial charge is 0.144 e.